The lowest BCUT2D eigenvalue weighted by Gasteiger charge is -2.26. The first-order chi connectivity index (χ1) is 6.77. The molecule has 2 unspecified atom stereocenters. The van der Waals surface area contributed by atoms with Crippen LogP contribution in [-0.4, -0.2) is 39.8 Å². The van der Waals surface area contributed by atoms with Crippen molar-refractivity contribution >= 4 is 29.5 Å². The van der Waals surface area contributed by atoms with Gasteiger partial charge in [-0.1, -0.05) is 0 Å². The molecule has 2 heterocycles. The number of thioether (sulfide) groups is 2. The summed E-state index contributed by atoms with van der Waals surface area (Å²) in [7, 11) is 0. The molecule has 2 fully saturated rings. The lowest BCUT2D eigenvalue weighted by Crippen LogP contribution is -2.40. The van der Waals surface area contributed by atoms with Crippen molar-refractivity contribution < 1.29 is 9.90 Å². The number of carbonyl (C=O) groups is 1. The zero-order valence-corrected chi connectivity index (χ0v) is 9.57. The molecule has 2 saturated heterocycles. The molecule has 3 atom stereocenters. The minimum Gasteiger partial charge on any atom is -0.480 e. The summed E-state index contributed by atoms with van der Waals surface area (Å²) in [5, 5.41) is 12.4. The maximum Gasteiger partial charge on any atom is 0.321 e. The average Bonchev–Trinajstić information content (AvgIpc) is 2.68. The van der Waals surface area contributed by atoms with Crippen molar-refractivity contribution in [2.45, 2.75) is 24.3 Å². The lowest BCUT2D eigenvalue weighted by atomic mass is 10.1. The molecule has 2 N–H and O–H groups in total. The second-order valence-electron chi connectivity index (χ2n) is 3.79. The first kappa shape index (κ1) is 10.6. The Balaban J connectivity index is 1.85. The molecule has 2 rings (SSSR count). The second-order valence-corrected chi connectivity index (χ2v) is 6.11. The van der Waals surface area contributed by atoms with E-state index in [4.69, 9.17) is 5.11 Å². The molecule has 0 aliphatic carbocycles. The van der Waals surface area contributed by atoms with Crippen molar-refractivity contribution in [3.05, 3.63) is 0 Å². The Morgan fingerprint density at radius 3 is 2.86 bits per heavy atom. The van der Waals surface area contributed by atoms with Gasteiger partial charge in [0.2, 0.25) is 0 Å². The first-order valence-electron chi connectivity index (χ1n) is 4.95. The highest BCUT2D eigenvalue weighted by Crippen LogP contribution is 2.33. The highest BCUT2D eigenvalue weighted by molar-refractivity contribution is 8.00. The van der Waals surface area contributed by atoms with E-state index < -0.39 is 5.97 Å². The summed E-state index contributed by atoms with van der Waals surface area (Å²) in [5.41, 5.74) is 0. The molecule has 0 aromatic carbocycles. The Labute approximate surface area is 92.4 Å². The Morgan fingerprint density at radius 2 is 2.29 bits per heavy atom. The molecule has 0 bridgehead atoms. The highest BCUT2D eigenvalue weighted by Gasteiger charge is 2.34. The van der Waals surface area contributed by atoms with E-state index in [1.54, 1.807) is 11.8 Å². The first-order valence-corrected chi connectivity index (χ1v) is 7.16. The van der Waals surface area contributed by atoms with Gasteiger partial charge in [-0.2, -0.15) is 11.8 Å². The Morgan fingerprint density at radius 1 is 1.43 bits per heavy atom. The van der Waals surface area contributed by atoms with Crippen LogP contribution in [0.1, 0.15) is 12.8 Å². The largest absolute Gasteiger partial charge is 0.480 e. The average molecular weight is 233 g/mol. The predicted octanol–water partition coefficient (Wildman–Crippen LogP) is 1.25. The number of carboxylic acids is 1. The number of nitrogens with one attached hydrogen (secondary N) is 1. The van der Waals surface area contributed by atoms with Gasteiger partial charge in [0.15, 0.2) is 0 Å². The van der Waals surface area contributed by atoms with Crippen LogP contribution in [0.25, 0.3) is 0 Å². The zero-order chi connectivity index (χ0) is 9.97. The van der Waals surface area contributed by atoms with E-state index in [1.807, 2.05) is 11.8 Å². The van der Waals surface area contributed by atoms with Gasteiger partial charge in [-0.25, -0.2) is 0 Å². The molecule has 0 aromatic rings. The molecule has 2 aliphatic rings. The minimum absolute atomic E-state index is 0.322. The molecular formula is C9H15NO2S2. The zero-order valence-electron chi connectivity index (χ0n) is 7.94. The van der Waals surface area contributed by atoms with Gasteiger partial charge in [0.25, 0.3) is 0 Å². The van der Waals surface area contributed by atoms with Gasteiger partial charge >= 0.3 is 5.97 Å². The van der Waals surface area contributed by atoms with E-state index in [2.05, 4.69) is 5.32 Å². The third-order valence-electron chi connectivity index (χ3n) is 2.73. The van der Waals surface area contributed by atoms with Gasteiger partial charge in [0.05, 0.1) is 5.37 Å². The van der Waals surface area contributed by atoms with Crippen molar-refractivity contribution in [3.63, 3.8) is 0 Å². The third kappa shape index (κ3) is 2.38. The standard InChI is InChI=1S/C9H15NO2S2/c11-9(12)7-5-14-8(10-7)6-2-1-3-13-4-6/h6-8,10H,1-5H2,(H,11,12)/t6?,7-,8?/m1/s1. The van der Waals surface area contributed by atoms with Crippen LogP contribution in [0.5, 0.6) is 0 Å². The van der Waals surface area contributed by atoms with Gasteiger partial charge in [-0.05, 0) is 30.3 Å². The fourth-order valence-corrected chi connectivity index (χ4v) is 4.64. The van der Waals surface area contributed by atoms with Gasteiger partial charge in [-0.15, -0.1) is 11.8 Å². The van der Waals surface area contributed by atoms with Crippen LogP contribution in [0.2, 0.25) is 0 Å². The maximum absolute atomic E-state index is 10.7. The smallest absolute Gasteiger partial charge is 0.321 e. The van der Waals surface area contributed by atoms with E-state index in [0.29, 0.717) is 11.3 Å². The van der Waals surface area contributed by atoms with Gasteiger partial charge in [-0.3, -0.25) is 10.1 Å². The van der Waals surface area contributed by atoms with Crippen molar-refractivity contribution in [2.75, 3.05) is 17.3 Å². The molecule has 0 spiro atoms. The fraction of sp³-hybridized carbons (Fsp3) is 0.889. The van der Waals surface area contributed by atoms with E-state index in [0.717, 1.165) is 5.75 Å². The summed E-state index contributed by atoms with van der Waals surface area (Å²) in [4.78, 5) is 10.7. The molecule has 0 saturated carbocycles. The van der Waals surface area contributed by atoms with Crippen molar-refractivity contribution in [1.82, 2.24) is 5.32 Å². The molecule has 0 radical (unpaired) electrons. The van der Waals surface area contributed by atoms with E-state index in [9.17, 15) is 4.79 Å². The van der Waals surface area contributed by atoms with Crippen LogP contribution in [0, 0.1) is 5.92 Å². The van der Waals surface area contributed by atoms with Crippen LogP contribution in [0.3, 0.4) is 0 Å². The quantitative estimate of drug-likeness (QED) is 0.751. The predicted molar refractivity (Wildman–Crippen MR) is 60.9 cm³/mol. The van der Waals surface area contributed by atoms with Crippen LogP contribution in [0.15, 0.2) is 0 Å². The van der Waals surface area contributed by atoms with Crippen molar-refractivity contribution in [3.8, 4) is 0 Å². The molecule has 3 nitrogen and oxygen atoms in total. The molecule has 80 valence electrons. The number of aliphatic carboxylic acids is 1. The van der Waals surface area contributed by atoms with Crippen LogP contribution in [-0.2, 0) is 4.79 Å². The van der Waals surface area contributed by atoms with Crippen LogP contribution in [0.4, 0.5) is 0 Å². The Bertz CT molecular complexity index is 219. The monoisotopic (exact) mass is 233 g/mol. The van der Waals surface area contributed by atoms with Gasteiger partial charge in [0.1, 0.15) is 6.04 Å². The summed E-state index contributed by atoms with van der Waals surface area (Å²) in [5.74, 6) is 3.15. The fourth-order valence-electron chi connectivity index (χ4n) is 1.91. The van der Waals surface area contributed by atoms with Gasteiger partial charge < -0.3 is 5.11 Å². The molecule has 0 amide bonds. The summed E-state index contributed by atoms with van der Waals surface area (Å²) in [6.45, 7) is 0. The Kier molecular flexibility index (Phi) is 3.62. The Hall–Kier alpha value is 0.130. The molecule has 5 heteroatoms. The lowest BCUT2D eigenvalue weighted by molar-refractivity contribution is -0.138. The molecule has 2 aliphatic heterocycles. The summed E-state index contributed by atoms with van der Waals surface area (Å²) in [6, 6.07) is -0.322. The molecular weight excluding hydrogens is 218 g/mol. The number of rotatable bonds is 2. The SMILES string of the molecule is O=C(O)[C@H]1CSC(C2CCCSC2)N1. The van der Waals surface area contributed by atoms with E-state index in [-0.39, 0.29) is 6.04 Å². The molecule has 14 heavy (non-hydrogen) atoms. The third-order valence-corrected chi connectivity index (χ3v) is 5.38. The highest BCUT2D eigenvalue weighted by atomic mass is 32.2. The van der Waals surface area contributed by atoms with Gasteiger partial charge in [0, 0.05) is 5.75 Å². The number of hydrogen-bond donors (Lipinski definition) is 2. The second kappa shape index (κ2) is 4.77. The van der Waals surface area contributed by atoms with Crippen LogP contribution >= 0.6 is 23.5 Å². The number of carboxylic acid groups (broad SMARTS) is 1. The van der Waals surface area contributed by atoms with Crippen LogP contribution < -0.4 is 5.32 Å². The normalized spacial score (nSPS) is 38.4. The summed E-state index contributed by atoms with van der Waals surface area (Å²) in [6.07, 6.45) is 2.54. The van der Waals surface area contributed by atoms with Crippen molar-refractivity contribution in [1.29, 1.82) is 0 Å². The summed E-state index contributed by atoms with van der Waals surface area (Å²) < 4.78 is 0. The van der Waals surface area contributed by atoms with Crippen molar-refractivity contribution in [2.24, 2.45) is 5.92 Å². The number of hydrogen-bond acceptors (Lipinski definition) is 4. The maximum atomic E-state index is 10.7. The van der Waals surface area contributed by atoms with E-state index >= 15 is 0 Å². The topological polar surface area (TPSA) is 49.3 Å². The minimum atomic E-state index is -0.705. The summed E-state index contributed by atoms with van der Waals surface area (Å²) >= 11 is 3.78. The van der Waals surface area contributed by atoms with E-state index in [1.165, 1.54) is 24.3 Å². The molecule has 0 aromatic heterocycles.